The minimum atomic E-state index is -0.727. The molecule has 0 aliphatic carbocycles. The van der Waals surface area contributed by atoms with Crippen LogP contribution in [0.3, 0.4) is 0 Å². The van der Waals surface area contributed by atoms with Crippen LogP contribution in [-0.2, 0) is 4.74 Å². The van der Waals surface area contributed by atoms with Crippen molar-refractivity contribution in [2.24, 2.45) is 17.8 Å². The smallest absolute Gasteiger partial charge is 0.100 e. The summed E-state index contributed by atoms with van der Waals surface area (Å²) in [6.45, 7) is 10.1. The van der Waals surface area contributed by atoms with Crippen molar-refractivity contribution in [2.75, 3.05) is 19.8 Å². The van der Waals surface area contributed by atoms with E-state index in [1.54, 1.807) is 0 Å². The topological polar surface area (TPSA) is 49.7 Å². The average molecular weight is 317 g/mol. The van der Waals surface area contributed by atoms with Gasteiger partial charge in [0.2, 0.25) is 0 Å². The van der Waals surface area contributed by atoms with Gasteiger partial charge in [-0.05, 0) is 30.6 Å². The molecule has 0 amide bonds. The Morgan fingerprint density at radius 3 is 1.77 bits per heavy atom. The van der Waals surface area contributed by atoms with Gasteiger partial charge >= 0.3 is 0 Å². The minimum Gasteiger partial charge on any atom is -0.394 e. The first-order valence-electron chi connectivity index (χ1n) is 9.32. The van der Waals surface area contributed by atoms with E-state index in [2.05, 4.69) is 27.7 Å². The van der Waals surface area contributed by atoms with Gasteiger partial charge in [0.1, 0.15) is 6.10 Å². The van der Waals surface area contributed by atoms with Gasteiger partial charge in [-0.1, -0.05) is 66.2 Å². The maximum atomic E-state index is 9.15. The van der Waals surface area contributed by atoms with Gasteiger partial charge in [-0.3, -0.25) is 0 Å². The number of ether oxygens (including phenoxy) is 1. The Balaban J connectivity index is 3.39. The third-order valence-electron chi connectivity index (χ3n) is 4.38. The molecule has 3 nitrogen and oxygen atoms in total. The van der Waals surface area contributed by atoms with E-state index in [0.29, 0.717) is 6.61 Å². The maximum absolute atomic E-state index is 9.15. The second-order valence-electron chi connectivity index (χ2n) is 7.52. The average Bonchev–Trinajstić information content (AvgIpc) is 2.46. The molecule has 0 aliphatic rings. The molecule has 0 aromatic heterocycles. The normalized spacial score (nSPS) is 16.0. The minimum absolute atomic E-state index is 0.217. The van der Waals surface area contributed by atoms with Crippen LogP contribution in [0, 0.1) is 17.8 Å². The maximum Gasteiger partial charge on any atom is 0.100 e. The van der Waals surface area contributed by atoms with Gasteiger partial charge in [0.25, 0.3) is 0 Å². The third kappa shape index (κ3) is 14.8. The largest absolute Gasteiger partial charge is 0.394 e. The van der Waals surface area contributed by atoms with Crippen molar-refractivity contribution in [1.82, 2.24) is 0 Å². The zero-order valence-electron chi connectivity index (χ0n) is 15.4. The number of hydrogen-bond acceptors (Lipinski definition) is 3. The summed E-state index contributed by atoms with van der Waals surface area (Å²) in [5.74, 6) is 2.47. The van der Waals surface area contributed by atoms with E-state index in [9.17, 15) is 0 Å². The summed E-state index contributed by atoms with van der Waals surface area (Å²) in [6.07, 6.45) is 9.66. The monoisotopic (exact) mass is 316 g/mol. The molecular formula is C19H40O3. The Labute approximate surface area is 138 Å². The van der Waals surface area contributed by atoms with Crippen LogP contribution in [0.15, 0.2) is 0 Å². The Bertz CT molecular complexity index is 231. The molecule has 0 rings (SSSR count). The highest BCUT2D eigenvalue weighted by atomic mass is 16.5. The molecule has 0 bridgehead atoms. The molecule has 3 unspecified atom stereocenters. The molecule has 0 saturated heterocycles. The molecular weight excluding hydrogens is 276 g/mol. The van der Waals surface area contributed by atoms with E-state index in [-0.39, 0.29) is 13.2 Å². The number of aliphatic hydroxyl groups excluding tert-OH is 2. The van der Waals surface area contributed by atoms with E-state index in [1.807, 2.05) is 0 Å². The van der Waals surface area contributed by atoms with Gasteiger partial charge in [-0.15, -0.1) is 0 Å². The van der Waals surface area contributed by atoms with Gasteiger partial charge in [0.05, 0.1) is 13.2 Å². The van der Waals surface area contributed by atoms with Crippen molar-refractivity contribution in [2.45, 2.75) is 85.2 Å². The first kappa shape index (κ1) is 21.9. The molecule has 0 aliphatic heterocycles. The lowest BCUT2D eigenvalue weighted by Crippen LogP contribution is -2.19. The van der Waals surface area contributed by atoms with E-state index >= 15 is 0 Å². The van der Waals surface area contributed by atoms with Crippen molar-refractivity contribution in [3.8, 4) is 0 Å². The van der Waals surface area contributed by atoms with Gasteiger partial charge in [-0.2, -0.15) is 0 Å². The highest BCUT2D eigenvalue weighted by molar-refractivity contribution is 4.59. The molecule has 3 atom stereocenters. The van der Waals surface area contributed by atoms with Crippen molar-refractivity contribution >= 4 is 0 Å². The molecule has 0 radical (unpaired) electrons. The van der Waals surface area contributed by atoms with Gasteiger partial charge in [-0.25, -0.2) is 0 Å². The summed E-state index contributed by atoms with van der Waals surface area (Å²) in [7, 11) is 0. The zero-order valence-corrected chi connectivity index (χ0v) is 15.4. The van der Waals surface area contributed by atoms with Crippen LogP contribution in [0.2, 0.25) is 0 Å². The first-order chi connectivity index (χ1) is 10.5. The highest BCUT2D eigenvalue weighted by Crippen LogP contribution is 2.20. The molecule has 2 N–H and O–H groups in total. The molecule has 0 aromatic carbocycles. The molecule has 0 fully saturated rings. The van der Waals surface area contributed by atoms with E-state index in [0.717, 1.165) is 24.2 Å². The summed E-state index contributed by atoms with van der Waals surface area (Å²) < 4.78 is 5.33. The van der Waals surface area contributed by atoms with Crippen molar-refractivity contribution in [1.29, 1.82) is 0 Å². The Morgan fingerprint density at radius 2 is 1.27 bits per heavy atom. The Hall–Kier alpha value is -0.120. The van der Waals surface area contributed by atoms with Crippen LogP contribution in [0.25, 0.3) is 0 Å². The fourth-order valence-corrected chi connectivity index (χ4v) is 2.78. The van der Waals surface area contributed by atoms with Crippen molar-refractivity contribution in [3.05, 3.63) is 0 Å². The van der Waals surface area contributed by atoms with Crippen LogP contribution in [0.4, 0.5) is 0 Å². The summed E-state index contributed by atoms with van der Waals surface area (Å²) in [6, 6.07) is 0. The molecule has 3 heteroatoms. The Morgan fingerprint density at radius 1 is 0.773 bits per heavy atom. The first-order valence-corrected chi connectivity index (χ1v) is 9.32. The molecule has 0 saturated carbocycles. The van der Waals surface area contributed by atoms with Gasteiger partial charge in [0, 0.05) is 6.61 Å². The predicted molar refractivity (Wildman–Crippen MR) is 94.0 cm³/mol. The van der Waals surface area contributed by atoms with E-state index in [1.165, 1.54) is 44.9 Å². The summed E-state index contributed by atoms with van der Waals surface area (Å²) in [5, 5.41) is 17.8. The lowest BCUT2D eigenvalue weighted by molar-refractivity contribution is 0.00467. The SMILES string of the molecule is CC(C)CCCC(C)CCCC(C)CCCOCC(O)CO. The van der Waals surface area contributed by atoms with E-state index in [4.69, 9.17) is 14.9 Å². The number of rotatable bonds is 15. The lowest BCUT2D eigenvalue weighted by Gasteiger charge is -2.15. The van der Waals surface area contributed by atoms with Crippen molar-refractivity contribution in [3.63, 3.8) is 0 Å². The number of aliphatic hydroxyl groups is 2. The van der Waals surface area contributed by atoms with E-state index < -0.39 is 6.10 Å². The van der Waals surface area contributed by atoms with Crippen LogP contribution >= 0.6 is 0 Å². The Kier molecular flexibility index (Phi) is 14.4. The van der Waals surface area contributed by atoms with Crippen LogP contribution in [-0.4, -0.2) is 36.1 Å². The van der Waals surface area contributed by atoms with Crippen LogP contribution < -0.4 is 0 Å². The predicted octanol–water partition coefficient (Wildman–Crippen LogP) is 4.41. The van der Waals surface area contributed by atoms with Crippen LogP contribution in [0.1, 0.15) is 79.1 Å². The molecule has 0 spiro atoms. The summed E-state index contributed by atoms with van der Waals surface area (Å²) in [5.41, 5.74) is 0. The quantitative estimate of drug-likeness (QED) is 0.440. The summed E-state index contributed by atoms with van der Waals surface area (Å²) in [4.78, 5) is 0. The molecule has 0 heterocycles. The fourth-order valence-electron chi connectivity index (χ4n) is 2.78. The zero-order chi connectivity index (χ0) is 16.8. The number of hydrogen-bond donors (Lipinski definition) is 2. The lowest BCUT2D eigenvalue weighted by atomic mass is 9.92. The molecule has 22 heavy (non-hydrogen) atoms. The van der Waals surface area contributed by atoms with Gasteiger partial charge < -0.3 is 14.9 Å². The van der Waals surface area contributed by atoms with Gasteiger partial charge in [0.15, 0.2) is 0 Å². The van der Waals surface area contributed by atoms with Crippen molar-refractivity contribution < 1.29 is 14.9 Å². The highest BCUT2D eigenvalue weighted by Gasteiger charge is 2.07. The second kappa shape index (κ2) is 14.5. The molecule has 0 aromatic rings. The summed E-state index contributed by atoms with van der Waals surface area (Å²) >= 11 is 0. The standard InChI is InChI=1S/C19H40O3/c1-16(2)8-5-9-17(3)10-6-11-18(4)12-7-13-22-15-19(21)14-20/h16-21H,5-15H2,1-4H3. The fraction of sp³-hybridized carbons (Fsp3) is 1.00. The third-order valence-corrected chi connectivity index (χ3v) is 4.38. The molecule has 134 valence electrons. The second-order valence-corrected chi connectivity index (χ2v) is 7.52. The van der Waals surface area contributed by atoms with Crippen LogP contribution in [0.5, 0.6) is 0 Å².